The molecule has 1 heterocycles. The zero-order valence-corrected chi connectivity index (χ0v) is 7.66. The van der Waals surface area contributed by atoms with Gasteiger partial charge in [-0.15, -0.1) is 0 Å². The van der Waals surface area contributed by atoms with Gasteiger partial charge >= 0.3 is 0 Å². The van der Waals surface area contributed by atoms with E-state index in [0.717, 1.165) is 12.2 Å². The summed E-state index contributed by atoms with van der Waals surface area (Å²) < 4.78 is 5.12. The van der Waals surface area contributed by atoms with Crippen molar-refractivity contribution in [3.05, 3.63) is 24.2 Å². The highest BCUT2D eigenvalue weighted by Gasteiger charge is 2.20. The van der Waals surface area contributed by atoms with Crippen LogP contribution in [0.5, 0.6) is 0 Å². The lowest BCUT2D eigenvalue weighted by atomic mass is 9.81. The van der Waals surface area contributed by atoms with Crippen LogP contribution in [0.3, 0.4) is 0 Å². The van der Waals surface area contributed by atoms with Gasteiger partial charge in [0.1, 0.15) is 11.5 Å². The molecule has 1 aliphatic carbocycles. The van der Waals surface area contributed by atoms with Crippen LogP contribution in [-0.2, 0) is 11.2 Å². The molecule has 0 aromatic carbocycles. The molecule has 0 atom stereocenters. The molecule has 1 saturated carbocycles. The maximum Gasteiger partial charge on any atom is 0.140 e. The number of Topliss-reactive ketones (excluding diaryl/α,β-unsaturated/α-hetero) is 1. The number of rotatable bonds is 4. The van der Waals surface area contributed by atoms with Crippen LogP contribution in [0.15, 0.2) is 22.8 Å². The fraction of sp³-hybridized carbons (Fsp3) is 0.545. The lowest BCUT2D eigenvalue weighted by Gasteiger charge is -2.24. The SMILES string of the molecule is O=C(Cc1ccco1)CC1CCC1. The second-order valence-corrected chi connectivity index (χ2v) is 3.80. The minimum absolute atomic E-state index is 0.319. The number of hydrogen-bond acceptors (Lipinski definition) is 2. The summed E-state index contributed by atoms with van der Waals surface area (Å²) in [5.74, 6) is 1.78. The van der Waals surface area contributed by atoms with Crippen LogP contribution in [0, 0.1) is 5.92 Å². The van der Waals surface area contributed by atoms with Gasteiger partial charge in [-0.05, 0) is 18.1 Å². The summed E-state index contributed by atoms with van der Waals surface area (Å²) in [5, 5.41) is 0. The van der Waals surface area contributed by atoms with Gasteiger partial charge in [-0.3, -0.25) is 4.79 Å². The summed E-state index contributed by atoms with van der Waals surface area (Å²) in [7, 11) is 0. The van der Waals surface area contributed by atoms with Crippen LogP contribution in [0.1, 0.15) is 31.4 Å². The first-order chi connectivity index (χ1) is 6.34. The standard InChI is InChI=1S/C11H14O2/c12-10(7-9-3-1-4-9)8-11-5-2-6-13-11/h2,5-6,9H,1,3-4,7-8H2. The molecule has 0 spiro atoms. The van der Waals surface area contributed by atoms with Crippen molar-refractivity contribution in [2.75, 3.05) is 0 Å². The van der Waals surface area contributed by atoms with E-state index in [1.807, 2.05) is 12.1 Å². The van der Waals surface area contributed by atoms with E-state index in [-0.39, 0.29) is 0 Å². The molecule has 0 aliphatic heterocycles. The Morgan fingerprint density at radius 3 is 2.92 bits per heavy atom. The molecule has 2 rings (SSSR count). The molecule has 0 unspecified atom stereocenters. The predicted molar refractivity (Wildman–Crippen MR) is 49.4 cm³/mol. The molecule has 1 fully saturated rings. The Morgan fingerprint density at radius 1 is 1.54 bits per heavy atom. The average molecular weight is 178 g/mol. The van der Waals surface area contributed by atoms with Crippen molar-refractivity contribution in [2.45, 2.75) is 32.1 Å². The van der Waals surface area contributed by atoms with Crippen LogP contribution in [0.4, 0.5) is 0 Å². The number of furan rings is 1. The first-order valence-corrected chi connectivity index (χ1v) is 4.88. The van der Waals surface area contributed by atoms with E-state index in [0.29, 0.717) is 18.1 Å². The van der Waals surface area contributed by atoms with Crippen molar-refractivity contribution in [2.24, 2.45) is 5.92 Å². The molecule has 0 bridgehead atoms. The predicted octanol–water partition coefficient (Wildman–Crippen LogP) is 2.58. The van der Waals surface area contributed by atoms with Crippen LogP contribution in [0.25, 0.3) is 0 Å². The molecule has 70 valence electrons. The molecule has 0 N–H and O–H groups in total. The maximum atomic E-state index is 11.5. The number of carbonyl (C=O) groups excluding carboxylic acids is 1. The lowest BCUT2D eigenvalue weighted by Crippen LogP contribution is -2.16. The second-order valence-electron chi connectivity index (χ2n) is 3.80. The quantitative estimate of drug-likeness (QED) is 0.709. The number of ketones is 1. The number of carbonyl (C=O) groups is 1. The third-order valence-electron chi connectivity index (χ3n) is 2.69. The molecule has 2 nitrogen and oxygen atoms in total. The fourth-order valence-corrected chi connectivity index (χ4v) is 1.70. The monoisotopic (exact) mass is 178 g/mol. The van der Waals surface area contributed by atoms with E-state index < -0.39 is 0 Å². The van der Waals surface area contributed by atoms with Crippen molar-refractivity contribution < 1.29 is 9.21 Å². The smallest absolute Gasteiger partial charge is 0.140 e. The van der Waals surface area contributed by atoms with Crippen LogP contribution in [0.2, 0.25) is 0 Å². The molecular weight excluding hydrogens is 164 g/mol. The van der Waals surface area contributed by atoms with Crippen molar-refractivity contribution in [3.8, 4) is 0 Å². The van der Waals surface area contributed by atoms with Crippen LogP contribution < -0.4 is 0 Å². The summed E-state index contributed by atoms with van der Waals surface area (Å²) in [6.45, 7) is 0. The van der Waals surface area contributed by atoms with Crippen molar-refractivity contribution in [1.82, 2.24) is 0 Å². The van der Waals surface area contributed by atoms with E-state index in [1.54, 1.807) is 6.26 Å². The Labute approximate surface area is 77.9 Å². The first kappa shape index (κ1) is 8.54. The Morgan fingerprint density at radius 2 is 2.38 bits per heavy atom. The van der Waals surface area contributed by atoms with E-state index in [2.05, 4.69) is 0 Å². The van der Waals surface area contributed by atoms with Crippen molar-refractivity contribution in [1.29, 1.82) is 0 Å². The Bertz CT molecular complexity index is 270. The van der Waals surface area contributed by atoms with Crippen LogP contribution >= 0.6 is 0 Å². The van der Waals surface area contributed by atoms with Gasteiger partial charge < -0.3 is 4.42 Å². The third kappa shape index (κ3) is 2.20. The second kappa shape index (κ2) is 3.77. The van der Waals surface area contributed by atoms with Gasteiger partial charge in [0.2, 0.25) is 0 Å². The van der Waals surface area contributed by atoms with Crippen LogP contribution in [-0.4, -0.2) is 5.78 Å². The summed E-state index contributed by atoms with van der Waals surface area (Å²) in [5.41, 5.74) is 0. The van der Waals surface area contributed by atoms with Gasteiger partial charge in [0.15, 0.2) is 0 Å². The average Bonchev–Trinajstić information content (AvgIpc) is 2.49. The highest BCUT2D eigenvalue weighted by Crippen LogP contribution is 2.29. The molecule has 1 aliphatic rings. The van der Waals surface area contributed by atoms with Gasteiger partial charge in [0.25, 0.3) is 0 Å². The molecule has 0 saturated heterocycles. The summed E-state index contributed by atoms with van der Waals surface area (Å²) in [4.78, 5) is 11.5. The Hall–Kier alpha value is -1.05. The Balaban J connectivity index is 1.78. The lowest BCUT2D eigenvalue weighted by molar-refractivity contribution is -0.120. The van der Waals surface area contributed by atoms with E-state index in [4.69, 9.17) is 4.42 Å². The minimum atomic E-state index is 0.319. The van der Waals surface area contributed by atoms with Gasteiger partial charge in [0, 0.05) is 6.42 Å². The van der Waals surface area contributed by atoms with E-state index >= 15 is 0 Å². The Kier molecular flexibility index (Phi) is 2.48. The largest absolute Gasteiger partial charge is 0.469 e. The van der Waals surface area contributed by atoms with Gasteiger partial charge in [-0.2, -0.15) is 0 Å². The van der Waals surface area contributed by atoms with E-state index in [9.17, 15) is 4.79 Å². The maximum absolute atomic E-state index is 11.5. The molecule has 13 heavy (non-hydrogen) atoms. The summed E-state index contributed by atoms with van der Waals surface area (Å²) >= 11 is 0. The molecule has 0 amide bonds. The van der Waals surface area contributed by atoms with Crippen molar-refractivity contribution in [3.63, 3.8) is 0 Å². The zero-order valence-electron chi connectivity index (χ0n) is 7.66. The molecule has 2 heteroatoms. The summed E-state index contributed by atoms with van der Waals surface area (Å²) in [6, 6.07) is 3.69. The molecular formula is C11H14O2. The highest BCUT2D eigenvalue weighted by atomic mass is 16.3. The third-order valence-corrected chi connectivity index (χ3v) is 2.69. The first-order valence-electron chi connectivity index (χ1n) is 4.88. The van der Waals surface area contributed by atoms with Gasteiger partial charge in [0.05, 0.1) is 12.7 Å². The number of hydrogen-bond donors (Lipinski definition) is 0. The van der Waals surface area contributed by atoms with Gasteiger partial charge in [-0.1, -0.05) is 19.3 Å². The zero-order chi connectivity index (χ0) is 9.10. The minimum Gasteiger partial charge on any atom is -0.469 e. The van der Waals surface area contributed by atoms with Crippen molar-refractivity contribution >= 4 is 5.78 Å². The molecule has 0 radical (unpaired) electrons. The van der Waals surface area contributed by atoms with Gasteiger partial charge in [-0.25, -0.2) is 0 Å². The van der Waals surface area contributed by atoms with E-state index in [1.165, 1.54) is 19.3 Å². The normalized spacial score (nSPS) is 16.9. The highest BCUT2D eigenvalue weighted by molar-refractivity contribution is 5.80. The molecule has 1 aromatic rings. The fourth-order valence-electron chi connectivity index (χ4n) is 1.70. The summed E-state index contributed by atoms with van der Waals surface area (Å²) in [6.07, 6.45) is 6.63. The molecule has 1 aromatic heterocycles. The topological polar surface area (TPSA) is 30.2 Å².